The first-order chi connectivity index (χ1) is 7.72. The molecule has 0 unspecified atom stereocenters. The van der Waals surface area contributed by atoms with Crippen molar-refractivity contribution in [1.82, 2.24) is 9.55 Å². The number of aromatic nitrogens is 2. The van der Waals surface area contributed by atoms with Crippen LogP contribution in [0.5, 0.6) is 0 Å². The lowest BCUT2D eigenvalue weighted by atomic mass is 10.2. The van der Waals surface area contributed by atoms with E-state index in [0.29, 0.717) is 10.6 Å². The molecule has 16 heavy (non-hydrogen) atoms. The second-order valence-corrected chi connectivity index (χ2v) is 3.53. The number of benzene rings is 1. The monoisotopic (exact) mass is 236 g/mol. The molecule has 0 aliphatic heterocycles. The van der Waals surface area contributed by atoms with Gasteiger partial charge >= 0.3 is 5.97 Å². The van der Waals surface area contributed by atoms with Crippen LogP contribution in [0.15, 0.2) is 36.9 Å². The maximum atomic E-state index is 11.3. The van der Waals surface area contributed by atoms with Gasteiger partial charge in [-0.3, -0.25) is 0 Å². The molecule has 0 atom stereocenters. The van der Waals surface area contributed by atoms with Crippen molar-refractivity contribution >= 4 is 17.6 Å². The van der Waals surface area contributed by atoms with Crippen molar-refractivity contribution in [3.8, 4) is 5.69 Å². The van der Waals surface area contributed by atoms with Crippen LogP contribution in [-0.4, -0.2) is 22.6 Å². The molecule has 4 nitrogen and oxygen atoms in total. The van der Waals surface area contributed by atoms with Gasteiger partial charge in [0.1, 0.15) is 0 Å². The topological polar surface area (TPSA) is 44.1 Å². The highest BCUT2D eigenvalue weighted by Crippen LogP contribution is 2.20. The van der Waals surface area contributed by atoms with Gasteiger partial charge in [0.15, 0.2) is 0 Å². The lowest BCUT2D eigenvalue weighted by Crippen LogP contribution is -2.02. The number of nitrogens with zero attached hydrogens (tertiary/aromatic N) is 2. The predicted molar refractivity (Wildman–Crippen MR) is 59.9 cm³/mol. The molecule has 0 amide bonds. The average molecular weight is 237 g/mol. The molecule has 1 aromatic heterocycles. The molecule has 0 bridgehead atoms. The number of imidazole rings is 1. The molecule has 5 heteroatoms. The van der Waals surface area contributed by atoms with Crippen molar-refractivity contribution < 1.29 is 9.53 Å². The van der Waals surface area contributed by atoms with Crippen LogP contribution >= 0.6 is 11.6 Å². The highest BCUT2D eigenvalue weighted by atomic mass is 35.5. The van der Waals surface area contributed by atoms with Gasteiger partial charge in [-0.15, -0.1) is 0 Å². The third-order valence-electron chi connectivity index (χ3n) is 2.16. The summed E-state index contributed by atoms with van der Waals surface area (Å²) in [4.78, 5) is 15.2. The number of carbonyl (C=O) groups excluding carboxylic acids is 1. The van der Waals surface area contributed by atoms with Crippen molar-refractivity contribution in [2.75, 3.05) is 7.11 Å². The van der Waals surface area contributed by atoms with E-state index in [9.17, 15) is 4.79 Å². The SMILES string of the molecule is COC(=O)c1ccc(-n2ccnc2)cc1Cl. The van der Waals surface area contributed by atoms with E-state index >= 15 is 0 Å². The van der Waals surface area contributed by atoms with Gasteiger partial charge < -0.3 is 9.30 Å². The van der Waals surface area contributed by atoms with Crippen LogP contribution < -0.4 is 0 Å². The quantitative estimate of drug-likeness (QED) is 0.752. The number of halogens is 1. The smallest absolute Gasteiger partial charge is 0.339 e. The van der Waals surface area contributed by atoms with E-state index in [-0.39, 0.29) is 0 Å². The Labute approximate surface area is 97.4 Å². The highest BCUT2D eigenvalue weighted by molar-refractivity contribution is 6.33. The Balaban J connectivity index is 2.41. The Bertz CT molecular complexity index is 509. The molecule has 1 aromatic carbocycles. The summed E-state index contributed by atoms with van der Waals surface area (Å²) in [5.74, 6) is -0.442. The van der Waals surface area contributed by atoms with E-state index < -0.39 is 5.97 Å². The van der Waals surface area contributed by atoms with Crippen molar-refractivity contribution in [3.05, 3.63) is 47.5 Å². The summed E-state index contributed by atoms with van der Waals surface area (Å²) in [6.07, 6.45) is 5.12. The molecule has 0 radical (unpaired) electrons. The number of hydrogen-bond acceptors (Lipinski definition) is 3. The van der Waals surface area contributed by atoms with Gasteiger partial charge in [-0.1, -0.05) is 11.6 Å². The Hall–Kier alpha value is -1.81. The van der Waals surface area contributed by atoms with Gasteiger partial charge in [0, 0.05) is 18.1 Å². The van der Waals surface area contributed by atoms with E-state index in [1.54, 1.807) is 41.5 Å². The van der Waals surface area contributed by atoms with Crippen LogP contribution in [0.25, 0.3) is 5.69 Å². The maximum Gasteiger partial charge on any atom is 0.339 e. The highest BCUT2D eigenvalue weighted by Gasteiger charge is 2.11. The van der Waals surface area contributed by atoms with Crippen LogP contribution in [0.4, 0.5) is 0 Å². The molecule has 0 saturated heterocycles. The van der Waals surface area contributed by atoms with Gasteiger partial charge in [0.25, 0.3) is 0 Å². The number of methoxy groups -OCH3 is 1. The first-order valence-electron chi connectivity index (χ1n) is 4.58. The minimum absolute atomic E-state index is 0.355. The zero-order chi connectivity index (χ0) is 11.5. The largest absolute Gasteiger partial charge is 0.465 e. The second-order valence-electron chi connectivity index (χ2n) is 3.13. The molecule has 2 rings (SSSR count). The Morgan fingerprint density at radius 3 is 2.88 bits per heavy atom. The van der Waals surface area contributed by atoms with Gasteiger partial charge in [0.05, 0.1) is 24.0 Å². The van der Waals surface area contributed by atoms with Crippen molar-refractivity contribution in [3.63, 3.8) is 0 Å². The lowest BCUT2D eigenvalue weighted by molar-refractivity contribution is 0.0601. The molecule has 2 aromatic rings. The second kappa shape index (κ2) is 4.37. The third-order valence-corrected chi connectivity index (χ3v) is 2.47. The first-order valence-corrected chi connectivity index (χ1v) is 4.96. The number of ether oxygens (including phenoxy) is 1. The fraction of sp³-hybridized carbons (Fsp3) is 0.0909. The summed E-state index contributed by atoms with van der Waals surface area (Å²) >= 11 is 5.99. The fourth-order valence-corrected chi connectivity index (χ4v) is 1.60. The first kappa shape index (κ1) is 10.7. The molecule has 82 valence electrons. The summed E-state index contributed by atoms with van der Waals surface area (Å²) in [6, 6.07) is 5.10. The number of rotatable bonds is 2. The van der Waals surface area contributed by atoms with E-state index in [1.165, 1.54) is 7.11 Å². The standard InChI is InChI=1S/C11H9ClN2O2/c1-16-11(15)9-3-2-8(6-10(9)12)14-5-4-13-7-14/h2-7H,1H3. The molecule has 0 N–H and O–H groups in total. The van der Waals surface area contributed by atoms with Crippen LogP contribution in [-0.2, 0) is 4.74 Å². The van der Waals surface area contributed by atoms with Crippen LogP contribution in [0.1, 0.15) is 10.4 Å². The minimum Gasteiger partial charge on any atom is -0.465 e. The normalized spacial score (nSPS) is 10.1. The van der Waals surface area contributed by atoms with Gasteiger partial charge in [-0.05, 0) is 18.2 Å². The zero-order valence-corrected chi connectivity index (χ0v) is 9.31. The van der Waals surface area contributed by atoms with E-state index in [4.69, 9.17) is 11.6 Å². The van der Waals surface area contributed by atoms with Crippen molar-refractivity contribution in [2.45, 2.75) is 0 Å². The van der Waals surface area contributed by atoms with Crippen LogP contribution in [0.3, 0.4) is 0 Å². The lowest BCUT2D eigenvalue weighted by Gasteiger charge is -2.06. The van der Waals surface area contributed by atoms with Crippen LogP contribution in [0.2, 0.25) is 5.02 Å². The average Bonchev–Trinajstić information content (AvgIpc) is 2.81. The maximum absolute atomic E-state index is 11.3. The van der Waals surface area contributed by atoms with E-state index in [0.717, 1.165) is 5.69 Å². The summed E-state index contributed by atoms with van der Waals surface area (Å²) < 4.78 is 6.40. The Kier molecular flexibility index (Phi) is 2.92. The Morgan fingerprint density at radius 1 is 1.50 bits per heavy atom. The minimum atomic E-state index is -0.442. The summed E-state index contributed by atoms with van der Waals surface area (Å²) in [5.41, 5.74) is 1.20. The fourth-order valence-electron chi connectivity index (χ4n) is 1.35. The van der Waals surface area contributed by atoms with E-state index in [1.807, 2.05) is 0 Å². The number of hydrogen-bond donors (Lipinski definition) is 0. The number of carbonyl (C=O) groups is 1. The van der Waals surface area contributed by atoms with Gasteiger partial charge in [0.2, 0.25) is 0 Å². The molecular weight excluding hydrogens is 228 g/mol. The summed E-state index contributed by atoms with van der Waals surface area (Å²) in [7, 11) is 1.32. The van der Waals surface area contributed by atoms with Crippen molar-refractivity contribution in [1.29, 1.82) is 0 Å². The summed E-state index contributed by atoms with van der Waals surface area (Å²) in [6.45, 7) is 0. The molecule has 1 heterocycles. The number of esters is 1. The van der Waals surface area contributed by atoms with Crippen molar-refractivity contribution in [2.24, 2.45) is 0 Å². The Morgan fingerprint density at radius 2 is 2.31 bits per heavy atom. The molecule has 0 saturated carbocycles. The summed E-state index contributed by atoms with van der Waals surface area (Å²) in [5, 5.41) is 0.359. The predicted octanol–water partition coefficient (Wildman–Crippen LogP) is 2.31. The zero-order valence-electron chi connectivity index (χ0n) is 8.55. The van der Waals surface area contributed by atoms with Gasteiger partial charge in [-0.2, -0.15) is 0 Å². The molecule has 0 aliphatic rings. The van der Waals surface area contributed by atoms with E-state index in [2.05, 4.69) is 9.72 Å². The van der Waals surface area contributed by atoms with Crippen LogP contribution in [0, 0.1) is 0 Å². The third kappa shape index (κ3) is 1.92. The molecule has 0 aliphatic carbocycles. The molecule has 0 spiro atoms. The molecule has 0 fully saturated rings. The molecular formula is C11H9ClN2O2. The van der Waals surface area contributed by atoms with Gasteiger partial charge in [-0.25, -0.2) is 9.78 Å².